The Morgan fingerprint density at radius 3 is 2.62 bits per heavy atom. The van der Waals surface area contributed by atoms with Gasteiger partial charge < -0.3 is 9.84 Å². The van der Waals surface area contributed by atoms with Crippen LogP contribution in [0.4, 0.5) is 4.79 Å². The van der Waals surface area contributed by atoms with Gasteiger partial charge in [-0.1, -0.05) is 0 Å². The van der Waals surface area contributed by atoms with E-state index in [-0.39, 0.29) is 12.3 Å². The van der Waals surface area contributed by atoms with Gasteiger partial charge in [0.1, 0.15) is 0 Å². The van der Waals surface area contributed by atoms with E-state index in [0.717, 1.165) is 0 Å². The fraction of sp³-hybridized carbons (Fsp3) is 0.750. The average Bonchev–Trinajstić information content (AvgIpc) is 2.46. The molecule has 1 N–H and O–H groups in total. The summed E-state index contributed by atoms with van der Waals surface area (Å²) in [6, 6.07) is -0.526. The zero-order valence-corrected chi connectivity index (χ0v) is 7.69. The number of amides is 1. The number of aliphatic hydroxyl groups is 1. The van der Waals surface area contributed by atoms with Crippen molar-refractivity contribution in [3.8, 4) is 0 Å². The Morgan fingerprint density at radius 2 is 2.15 bits per heavy atom. The van der Waals surface area contributed by atoms with Crippen LogP contribution in [0, 0.1) is 0 Å². The number of likely N-dealkylation sites (tertiary alicyclic amines) is 1. The van der Waals surface area contributed by atoms with E-state index in [1.165, 1.54) is 18.9 Å². The molecule has 1 amide bonds. The third-order valence-corrected chi connectivity index (χ3v) is 2.16. The molecule has 13 heavy (non-hydrogen) atoms. The molecular weight excluding hydrogens is 174 g/mol. The van der Waals surface area contributed by atoms with E-state index in [9.17, 15) is 14.7 Å². The first kappa shape index (κ1) is 9.98. The number of hydrogen-bond donors (Lipinski definition) is 1. The van der Waals surface area contributed by atoms with E-state index < -0.39 is 18.2 Å². The van der Waals surface area contributed by atoms with E-state index in [0.29, 0.717) is 6.42 Å². The van der Waals surface area contributed by atoms with Gasteiger partial charge in [0.15, 0.2) is 5.78 Å². The molecule has 2 atom stereocenters. The number of ketones is 1. The minimum Gasteiger partial charge on any atom is -0.453 e. The smallest absolute Gasteiger partial charge is 0.410 e. The van der Waals surface area contributed by atoms with Gasteiger partial charge in [-0.05, 0) is 6.92 Å². The van der Waals surface area contributed by atoms with Crippen molar-refractivity contribution in [2.45, 2.75) is 25.5 Å². The number of aliphatic hydroxyl groups excluding tert-OH is 1. The molecule has 74 valence electrons. The fourth-order valence-corrected chi connectivity index (χ4v) is 1.52. The number of nitrogens with zero attached hydrogens (tertiary/aromatic N) is 1. The standard InChI is InChI=1S/C8H13NO4/c1-5(10)7-3-6(11)4-9(7)8(12)13-2/h6-7,11H,3-4H2,1-2H3. The van der Waals surface area contributed by atoms with Gasteiger partial charge in [0.25, 0.3) is 0 Å². The van der Waals surface area contributed by atoms with Crippen molar-refractivity contribution in [1.29, 1.82) is 0 Å². The fourth-order valence-electron chi connectivity index (χ4n) is 1.52. The Morgan fingerprint density at radius 1 is 1.54 bits per heavy atom. The minimum absolute atomic E-state index is 0.123. The van der Waals surface area contributed by atoms with Crippen molar-refractivity contribution < 1.29 is 19.4 Å². The molecule has 1 rings (SSSR count). The molecule has 0 spiro atoms. The molecule has 0 aliphatic carbocycles. The molecule has 2 unspecified atom stereocenters. The Labute approximate surface area is 76.3 Å². The SMILES string of the molecule is COC(=O)N1CC(O)CC1C(C)=O. The summed E-state index contributed by atoms with van der Waals surface area (Å²) in [4.78, 5) is 23.4. The second-order valence-electron chi connectivity index (χ2n) is 3.14. The molecule has 5 nitrogen and oxygen atoms in total. The predicted molar refractivity (Wildman–Crippen MR) is 44.2 cm³/mol. The van der Waals surface area contributed by atoms with Gasteiger partial charge in [-0.2, -0.15) is 0 Å². The third-order valence-electron chi connectivity index (χ3n) is 2.16. The molecule has 5 heteroatoms. The van der Waals surface area contributed by atoms with Crippen LogP contribution in [0.15, 0.2) is 0 Å². The minimum atomic E-state index is -0.618. The number of hydrogen-bond acceptors (Lipinski definition) is 4. The lowest BCUT2D eigenvalue weighted by molar-refractivity contribution is -0.120. The number of rotatable bonds is 1. The summed E-state index contributed by atoms with van der Waals surface area (Å²) in [5, 5.41) is 9.26. The highest BCUT2D eigenvalue weighted by Crippen LogP contribution is 2.19. The third kappa shape index (κ3) is 1.98. The monoisotopic (exact) mass is 187 g/mol. The van der Waals surface area contributed by atoms with Gasteiger partial charge in [0, 0.05) is 6.42 Å². The molecular formula is C8H13NO4. The van der Waals surface area contributed by atoms with Gasteiger partial charge in [-0.25, -0.2) is 4.79 Å². The van der Waals surface area contributed by atoms with E-state index in [1.807, 2.05) is 0 Å². The summed E-state index contributed by atoms with van der Waals surface area (Å²) in [5.41, 5.74) is 0. The summed E-state index contributed by atoms with van der Waals surface area (Å²) < 4.78 is 4.49. The second-order valence-corrected chi connectivity index (χ2v) is 3.14. The number of carbonyl (C=O) groups is 2. The lowest BCUT2D eigenvalue weighted by Gasteiger charge is -2.20. The number of methoxy groups -OCH3 is 1. The Balaban J connectivity index is 2.71. The van der Waals surface area contributed by atoms with Crippen LogP contribution in [0.2, 0.25) is 0 Å². The largest absolute Gasteiger partial charge is 0.453 e. The van der Waals surface area contributed by atoms with Crippen LogP contribution in [0.1, 0.15) is 13.3 Å². The molecule has 0 aromatic heterocycles. The number of β-amino-alcohol motifs (C(OH)–C–C–N with tert-alkyl or cyclic N) is 1. The summed E-state index contributed by atoms with van der Waals surface area (Å²) in [6.45, 7) is 1.58. The molecule has 1 saturated heterocycles. The molecule has 0 bridgehead atoms. The first-order valence-corrected chi connectivity index (χ1v) is 4.09. The van der Waals surface area contributed by atoms with Crippen LogP contribution in [-0.4, -0.2) is 47.7 Å². The normalized spacial score (nSPS) is 27.5. The predicted octanol–water partition coefficient (Wildman–Crippen LogP) is -0.223. The van der Waals surface area contributed by atoms with Crippen LogP contribution in [0.25, 0.3) is 0 Å². The molecule has 1 aliphatic heterocycles. The Bertz CT molecular complexity index is 228. The van der Waals surface area contributed by atoms with Gasteiger partial charge in [-0.15, -0.1) is 0 Å². The van der Waals surface area contributed by atoms with E-state index >= 15 is 0 Å². The van der Waals surface area contributed by atoms with Crippen molar-refractivity contribution >= 4 is 11.9 Å². The van der Waals surface area contributed by atoms with Crippen LogP contribution in [-0.2, 0) is 9.53 Å². The van der Waals surface area contributed by atoms with Gasteiger partial charge in [0.2, 0.25) is 0 Å². The Hall–Kier alpha value is -1.10. The second kappa shape index (κ2) is 3.74. The van der Waals surface area contributed by atoms with Crippen LogP contribution in [0.3, 0.4) is 0 Å². The van der Waals surface area contributed by atoms with E-state index in [2.05, 4.69) is 4.74 Å². The zero-order valence-electron chi connectivity index (χ0n) is 7.69. The van der Waals surface area contributed by atoms with E-state index in [4.69, 9.17) is 0 Å². The van der Waals surface area contributed by atoms with Crippen LogP contribution < -0.4 is 0 Å². The van der Waals surface area contributed by atoms with Crippen molar-refractivity contribution in [2.75, 3.05) is 13.7 Å². The van der Waals surface area contributed by atoms with Crippen LogP contribution in [0.5, 0.6) is 0 Å². The van der Waals surface area contributed by atoms with Gasteiger partial charge >= 0.3 is 6.09 Å². The van der Waals surface area contributed by atoms with Gasteiger partial charge in [-0.3, -0.25) is 9.69 Å². The topological polar surface area (TPSA) is 66.8 Å². The Kier molecular flexibility index (Phi) is 2.87. The number of carbonyl (C=O) groups excluding carboxylic acids is 2. The maximum atomic E-state index is 11.1. The maximum Gasteiger partial charge on any atom is 0.410 e. The lowest BCUT2D eigenvalue weighted by atomic mass is 10.1. The summed E-state index contributed by atoms with van der Waals surface area (Å²) in [7, 11) is 1.25. The van der Waals surface area contributed by atoms with Gasteiger partial charge in [0.05, 0.1) is 25.8 Å². The first-order valence-electron chi connectivity index (χ1n) is 4.09. The highest BCUT2D eigenvalue weighted by atomic mass is 16.5. The van der Waals surface area contributed by atoms with Crippen molar-refractivity contribution in [3.05, 3.63) is 0 Å². The molecule has 0 saturated carbocycles. The molecule has 1 heterocycles. The number of Topliss-reactive ketones (excluding diaryl/α,β-unsaturated/α-hetero) is 1. The lowest BCUT2D eigenvalue weighted by Crippen LogP contribution is -2.39. The molecule has 0 radical (unpaired) electrons. The van der Waals surface area contributed by atoms with Crippen molar-refractivity contribution in [3.63, 3.8) is 0 Å². The molecule has 1 fully saturated rings. The summed E-state index contributed by atoms with van der Waals surface area (Å²) >= 11 is 0. The zero-order chi connectivity index (χ0) is 10.0. The molecule has 0 aromatic rings. The molecule has 1 aliphatic rings. The number of ether oxygens (including phenoxy) is 1. The quantitative estimate of drug-likeness (QED) is 0.616. The molecule has 0 aromatic carbocycles. The van der Waals surface area contributed by atoms with Crippen molar-refractivity contribution in [1.82, 2.24) is 4.90 Å². The highest BCUT2D eigenvalue weighted by molar-refractivity contribution is 5.86. The summed E-state index contributed by atoms with van der Waals surface area (Å²) in [5.74, 6) is -0.123. The van der Waals surface area contributed by atoms with Crippen LogP contribution >= 0.6 is 0 Å². The van der Waals surface area contributed by atoms with Crippen molar-refractivity contribution in [2.24, 2.45) is 0 Å². The summed E-state index contributed by atoms with van der Waals surface area (Å²) in [6.07, 6.45) is -0.866. The highest BCUT2D eigenvalue weighted by Gasteiger charge is 2.37. The van der Waals surface area contributed by atoms with E-state index in [1.54, 1.807) is 0 Å². The first-order chi connectivity index (χ1) is 6.06. The average molecular weight is 187 g/mol. The maximum absolute atomic E-state index is 11.1.